The minimum Gasteiger partial charge on any atom is -0.347 e. The summed E-state index contributed by atoms with van der Waals surface area (Å²) in [4.78, 5) is 13.6. The molecule has 1 amide bonds. The summed E-state index contributed by atoms with van der Waals surface area (Å²) in [6, 6.07) is 1.55. The van der Waals surface area contributed by atoms with Crippen LogP contribution in [0.15, 0.2) is 12.3 Å². The summed E-state index contributed by atoms with van der Waals surface area (Å²) < 4.78 is 26.2. The normalized spacial score (nSPS) is 20.7. The number of carbonyl (C=O) groups is 1. The van der Waals surface area contributed by atoms with Crippen molar-refractivity contribution in [3.63, 3.8) is 0 Å². The highest BCUT2D eigenvalue weighted by molar-refractivity contribution is 5.92. The van der Waals surface area contributed by atoms with E-state index in [9.17, 15) is 13.6 Å². The van der Waals surface area contributed by atoms with Crippen molar-refractivity contribution in [1.82, 2.24) is 20.0 Å². The zero-order chi connectivity index (χ0) is 13.8. The first-order valence-corrected chi connectivity index (χ1v) is 6.35. The average molecular weight is 272 g/mol. The number of nitrogens with zero attached hydrogens (tertiary/aromatic N) is 3. The lowest BCUT2D eigenvalue weighted by Crippen LogP contribution is -2.48. The van der Waals surface area contributed by atoms with Crippen molar-refractivity contribution < 1.29 is 13.6 Å². The smallest absolute Gasteiger partial charge is 0.272 e. The Hall–Kier alpha value is -1.50. The molecule has 7 heteroatoms. The number of carbonyl (C=O) groups excluding carboxylic acids is 1. The van der Waals surface area contributed by atoms with Crippen LogP contribution in [-0.2, 0) is 7.05 Å². The summed E-state index contributed by atoms with van der Waals surface area (Å²) in [6.45, 7) is 0.916. The molecule has 0 radical (unpaired) electrons. The largest absolute Gasteiger partial charge is 0.347 e. The van der Waals surface area contributed by atoms with Crippen LogP contribution >= 0.6 is 0 Å². The van der Waals surface area contributed by atoms with E-state index in [1.165, 1.54) is 0 Å². The second kappa shape index (κ2) is 6.10. The maximum atomic E-state index is 12.3. The third kappa shape index (κ3) is 3.99. The molecule has 1 atom stereocenters. The van der Waals surface area contributed by atoms with Gasteiger partial charge in [-0.1, -0.05) is 0 Å². The van der Waals surface area contributed by atoms with Gasteiger partial charge in [0.05, 0.1) is 6.54 Å². The predicted octanol–water partition coefficient (Wildman–Crippen LogP) is 0.879. The molecule has 1 N–H and O–H groups in total. The minimum absolute atomic E-state index is 0.0815. The van der Waals surface area contributed by atoms with Gasteiger partial charge in [-0.15, -0.1) is 0 Å². The molecule has 2 rings (SSSR count). The third-order valence-electron chi connectivity index (χ3n) is 3.18. The summed E-state index contributed by atoms with van der Waals surface area (Å²) in [5.41, 5.74) is 0.355. The van der Waals surface area contributed by atoms with Gasteiger partial charge in [-0.25, -0.2) is 8.78 Å². The van der Waals surface area contributed by atoms with Crippen LogP contribution in [0.1, 0.15) is 23.3 Å². The molecule has 19 heavy (non-hydrogen) atoms. The SMILES string of the molecule is Cn1ccc(C(=O)NC2CCCN(CC(F)F)C2)n1. The van der Waals surface area contributed by atoms with E-state index in [4.69, 9.17) is 0 Å². The van der Waals surface area contributed by atoms with E-state index in [2.05, 4.69) is 10.4 Å². The highest BCUT2D eigenvalue weighted by Gasteiger charge is 2.24. The zero-order valence-corrected chi connectivity index (χ0v) is 10.9. The second-order valence-electron chi connectivity index (χ2n) is 4.84. The van der Waals surface area contributed by atoms with Crippen molar-refractivity contribution in [2.75, 3.05) is 19.6 Å². The number of nitrogens with one attached hydrogen (secondary N) is 1. The van der Waals surface area contributed by atoms with Crippen LogP contribution in [0.3, 0.4) is 0 Å². The van der Waals surface area contributed by atoms with Gasteiger partial charge in [0.2, 0.25) is 0 Å². The summed E-state index contributed by atoms with van der Waals surface area (Å²) in [7, 11) is 1.74. The van der Waals surface area contributed by atoms with E-state index in [1.54, 1.807) is 28.9 Å². The predicted molar refractivity (Wildman–Crippen MR) is 66.1 cm³/mol. The average Bonchev–Trinajstić information content (AvgIpc) is 2.75. The Morgan fingerprint density at radius 1 is 1.63 bits per heavy atom. The van der Waals surface area contributed by atoms with Crippen molar-refractivity contribution in [3.8, 4) is 0 Å². The highest BCUT2D eigenvalue weighted by Crippen LogP contribution is 2.12. The second-order valence-corrected chi connectivity index (χ2v) is 4.84. The van der Waals surface area contributed by atoms with E-state index in [0.717, 1.165) is 12.8 Å². The fourth-order valence-electron chi connectivity index (χ4n) is 2.33. The number of alkyl halides is 2. The van der Waals surface area contributed by atoms with Crippen LogP contribution in [0.5, 0.6) is 0 Å². The number of rotatable bonds is 4. The quantitative estimate of drug-likeness (QED) is 0.885. The molecule has 1 saturated heterocycles. The number of hydrogen-bond donors (Lipinski definition) is 1. The molecule has 0 aromatic carbocycles. The van der Waals surface area contributed by atoms with Crippen molar-refractivity contribution in [2.24, 2.45) is 7.05 Å². The molecule has 1 fully saturated rings. The summed E-state index contributed by atoms with van der Waals surface area (Å²) in [6.07, 6.45) is 1.00. The van der Waals surface area contributed by atoms with Crippen molar-refractivity contribution in [3.05, 3.63) is 18.0 Å². The van der Waals surface area contributed by atoms with Crippen molar-refractivity contribution in [1.29, 1.82) is 0 Å². The van der Waals surface area contributed by atoms with E-state index in [1.807, 2.05) is 0 Å². The lowest BCUT2D eigenvalue weighted by molar-refractivity contribution is 0.0672. The molecular weight excluding hydrogens is 254 g/mol. The Morgan fingerprint density at radius 3 is 3.05 bits per heavy atom. The van der Waals surface area contributed by atoms with Gasteiger partial charge in [-0.2, -0.15) is 5.10 Å². The fraction of sp³-hybridized carbons (Fsp3) is 0.667. The third-order valence-corrected chi connectivity index (χ3v) is 3.18. The molecule has 5 nitrogen and oxygen atoms in total. The van der Waals surface area contributed by atoms with Gasteiger partial charge in [0.25, 0.3) is 12.3 Å². The van der Waals surface area contributed by atoms with Crippen molar-refractivity contribution >= 4 is 5.91 Å². The number of aromatic nitrogens is 2. The number of halogens is 2. The minimum atomic E-state index is -2.33. The van der Waals surface area contributed by atoms with E-state index < -0.39 is 6.43 Å². The first-order valence-electron chi connectivity index (χ1n) is 6.35. The van der Waals surface area contributed by atoms with Crippen LogP contribution in [0.2, 0.25) is 0 Å². The fourth-order valence-corrected chi connectivity index (χ4v) is 2.33. The van der Waals surface area contributed by atoms with Crippen LogP contribution in [0, 0.1) is 0 Å². The highest BCUT2D eigenvalue weighted by atomic mass is 19.3. The maximum absolute atomic E-state index is 12.3. The van der Waals surface area contributed by atoms with E-state index in [-0.39, 0.29) is 18.5 Å². The Balaban J connectivity index is 1.86. The van der Waals surface area contributed by atoms with Gasteiger partial charge in [0, 0.05) is 25.8 Å². The molecule has 1 aliphatic rings. The summed E-state index contributed by atoms with van der Waals surface area (Å²) >= 11 is 0. The Labute approximate surface area is 110 Å². The molecule has 0 saturated carbocycles. The molecule has 106 valence electrons. The molecule has 0 bridgehead atoms. The number of hydrogen-bond acceptors (Lipinski definition) is 3. The van der Waals surface area contributed by atoms with Gasteiger partial charge in [0.15, 0.2) is 0 Å². The van der Waals surface area contributed by atoms with Crippen molar-refractivity contribution in [2.45, 2.75) is 25.3 Å². The molecule has 1 aromatic heterocycles. The zero-order valence-electron chi connectivity index (χ0n) is 10.9. The van der Waals surface area contributed by atoms with Crippen LogP contribution in [0.25, 0.3) is 0 Å². The van der Waals surface area contributed by atoms with Gasteiger partial charge in [-0.05, 0) is 25.5 Å². The standard InChI is InChI=1S/C12H18F2N4O/c1-17-6-4-10(16-17)12(19)15-9-3-2-5-18(7-9)8-11(13)14/h4,6,9,11H,2-3,5,7-8H2,1H3,(H,15,19). The topological polar surface area (TPSA) is 50.2 Å². The molecule has 1 aliphatic heterocycles. The molecule has 1 unspecified atom stereocenters. The molecule has 0 spiro atoms. The summed E-state index contributed by atoms with van der Waals surface area (Å²) in [5.74, 6) is -0.246. The molecule has 0 aliphatic carbocycles. The Bertz CT molecular complexity index is 435. The van der Waals surface area contributed by atoms with E-state index in [0.29, 0.717) is 18.8 Å². The Morgan fingerprint density at radius 2 is 2.42 bits per heavy atom. The summed E-state index contributed by atoms with van der Waals surface area (Å²) in [5, 5.41) is 6.86. The molecule has 2 heterocycles. The van der Waals surface area contributed by atoms with Gasteiger partial charge >= 0.3 is 0 Å². The number of amides is 1. The Kier molecular flexibility index (Phi) is 4.47. The van der Waals surface area contributed by atoms with Gasteiger partial charge in [0.1, 0.15) is 5.69 Å². The van der Waals surface area contributed by atoms with Crippen LogP contribution in [-0.4, -0.2) is 52.7 Å². The van der Waals surface area contributed by atoms with Crippen LogP contribution in [0.4, 0.5) is 8.78 Å². The first-order chi connectivity index (χ1) is 9.04. The number of likely N-dealkylation sites (tertiary alicyclic amines) is 1. The van der Waals surface area contributed by atoms with Gasteiger partial charge < -0.3 is 5.32 Å². The monoisotopic (exact) mass is 272 g/mol. The maximum Gasteiger partial charge on any atom is 0.272 e. The number of piperidine rings is 1. The van der Waals surface area contributed by atoms with Gasteiger partial charge in [-0.3, -0.25) is 14.4 Å². The molecule has 1 aromatic rings. The lowest BCUT2D eigenvalue weighted by atomic mass is 10.1. The lowest BCUT2D eigenvalue weighted by Gasteiger charge is -2.32. The molecular formula is C12H18F2N4O. The van der Waals surface area contributed by atoms with E-state index >= 15 is 0 Å². The first kappa shape index (κ1) is 13.9. The number of aryl methyl sites for hydroxylation is 1. The van der Waals surface area contributed by atoms with Crippen LogP contribution < -0.4 is 5.32 Å².